The fraction of sp³-hybridized carbons (Fsp3) is 0.435. The van der Waals surface area contributed by atoms with Crippen molar-refractivity contribution in [3.05, 3.63) is 65.2 Å². The summed E-state index contributed by atoms with van der Waals surface area (Å²) < 4.78 is 5.94. The maximum atomic E-state index is 13.1. The Kier molecular flexibility index (Phi) is 4.37. The number of aliphatic hydroxyl groups is 1. The van der Waals surface area contributed by atoms with E-state index in [0.29, 0.717) is 26.2 Å². The highest BCUT2D eigenvalue weighted by Gasteiger charge is 2.52. The van der Waals surface area contributed by atoms with Gasteiger partial charge in [0.15, 0.2) is 0 Å². The van der Waals surface area contributed by atoms with E-state index < -0.39 is 5.41 Å². The maximum absolute atomic E-state index is 13.1. The van der Waals surface area contributed by atoms with E-state index in [-0.39, 0.29) is 18.4 Å². The zero-order chi connectivity index (χ0) is 19.1. The van der Waals surface area contributed by atoms with E-state index in [4.69, 9.17) is 4.74 Å². The van der Waals surface area contributed by atoms with Crippen LogP contribution >= 0.6 is 0 Å². The fourth-order valence-electron chi connectivity index (χ4n) is 5.04. The predicted octanol–water partition coefficient (Wildman–Crippen LogP) is 2.04. The third-order valence-corrected chi connectivity index (χ3v) is 6.69. The van der Waals surface area contributed by atoms with Crippen molar-refractivity contribution in [2.75, 3.05) is 39.4 Å². The molecule has 3 aliphatic rings. The van der Waals surface area contributed by atoms with Gasteiger partial charge in [0.2, 0.25) is 5.91 Å². The average molecular weight is 378 g/mol. The van der Waals surface area contributed by atoms with Gasteiger partial charge in [-0.15, -0.1) is 0 Å². The number of nitrogens with zero attached hydrogens (tertiary/aromatic N) is 2. The lowest BCUT2D eigenvalue weighted by molar-refractivity contribution is -0.132. The normalized spacial score (nSPS) is 26.2. The summed E-state index contributed by atoms with van der Waals surface area (Å²) in [6, 6.07) is 16.5. The molecule has 0 bridgehead atoms. The Bertz CT molecular complexity index is 899. The van der Waals surface area contributed by atoms with Gasteiger partial charge < -0.3 is 14.7 Å². The van der Waals surface area contributed by atoms with Crippen molar-refractivity contribution < 1.29 is 14.6 Å². The Labute approximate surface area is 165 Å². The van der Waals surface area contributed by atoms with Crippen molar-refractivity contribution in [1.29, 1.82) is 0 Å². The number of amides is 1. The molecule has 0 radical (unpaired) electrons. The van der Waals surface area contributed by atoms with Gasteiger partial charge in [0.1, 0.15) is 5.75 Å². The number of fused-ring (bicyclic) bond motifs is 4. The molecule has 2 aromatic carbocycles. The number of para-hydroxylation sites is 1. The molecule has 0 aliphatic carbocycles. The number of hydrogen-bond donors (Lipinski definition) is 1. The summed E-state index contributed by atoms with van der Waals surface area (Å²) in [4.78, 5) is 17.3. The summed E-state index contributed by atoms with van der Waals surface area (Å²) in [7, 11) is 0. The van der Waals surface area contributed by atoms with Crippen LogP contribution in [-0.2, 0) is 17.8 Å². The van der Waals surface area contributed by atoms with Gasteiger partial charge in [0, 0.05) is 32.1 Å². The molecule has 2 aromatic rings. The first-order valence-electron chi connectivity index (χ1n) is 10.1. The molecule has 1 fully saturated rings. The highest BCUT2D eigenvalue weighted by atomic mass is 16.5. The molecule has 1 N–H and O–H groups in total. The van der Waals surface area contributed by atoms with Crippen molar-refractivity contribution in [3.8, 4) is 5.75 Å². The number of benzene rings is 2. The van der Waals surface area contributed by atoms with Gasteiger partial charge in [-0.2, -0.15) is 0 Å². The lowest BCUT2D eigenvalue weighted by Gasteiger charge is -2.37. The molecule has 2 atom stereocenters. The summed E-state index contributed by atoms with van der Waals surface area (Å²) in [5, 5.41) is 10.2. The molecule has 28 heavy (non-hydrogen) atoms. The largest absolute Gasteiger partial charge is 0.493 e. The van der Waals surface area contributed by atoms with Crippen LogP contribution < -0.4 is 4.74 Å². The lowest BCUT2D eigenvalue weighted by Crippen LogP contribution is -2.44. The van der Waals surface area contributed by atoms with Gasteiger partial charge in [-0.1, -0.05) is 42.5 Å². The zero-order valence-electron chi connectivity index (χ0n) is 16.0. The smallest absolute Gasteiger partial charge is 0.236 e. The van der Waals surface area contributed by atoms with E-state index in [2.05, 4.69) is 35.2 Å². The van der Waals surface area contributed by atoms with Crippen molar-refractivity contribution in [3.63, 3.8) is 0 Å². The predicted molar refractivity (Wildman–Crippen MR) is 106 cm³/mol. The Morgan fingerprint density at radius 2 is 1.93 bits per heavy atom. The SMILES string of the molecule is O=C(CN1CCc2ccccc2C1)N1C[C@@H]2c3ccccc3OC[C@]2(CO)C1. The van der Waals surface area contributed by atoms with E-state index in [1.165, 1.54) is 11.1 Å². The van der Waals surface area contributed by atoms with Gasteiger partial charge in [0.25, 0.3) is 0 Å². The van der Waals surface area contributed by atoms with Crippen LogP contribution in [0.4, 0.5) is 0 Å². The second-order valence-corrected chi connectivity index (χ2v) is 8.40. The van der Waals surface area contributed by atoms with Crippen LogP contribution in [-0.4, -0.2) is 60.2 Å². The summed E-state index contributed by atoms with van der Waals surface area (Å²) in [6.07, 6.45) is 0.994. The molecule has 3 heterocycles. The van der Waals surface area contributed by atoms with E-state index in [9.17, 15) is 9.90 Å². The van der Waals surface area contributed by atoms with Crippen LogP contribution in [0.1, 0.15) is 22.6 Å². The van der Waals surface area contributed by atoms with Crippen molar-refractivity contribution in [1.82, 2.24) is 9.80 Å². The van der Waals surface area contributed by atoms with Crippen LogP contribution in [0.5, 0.6) is 5.75 Å². The molecule has 0 spiro atoms. The minimum atomic E-state index is -0.390. The van der Waals surface area contributed by atoms with Crippen molar-refractivity contribution >= 4 is 5.91 Å². The van der Waals surface area contributed by atoms with Gasteiger partial charge in [-0.3, -0.25) is 9.69 Å². The molecule has 0 saturated carbocycles. The van der Waals surface area contributed by atoms with Crippen LogP contribution in [0.3, 0.4) is 0 Å². The number of hydrogen-bond acceptors (Lipinski definition) is 4. The van der Waals surface area contributed by atoms with Crippen LogP contribution in [0.2, 0.25) is 0 Å². The summed E-state index contributed by atoms with van der Waals surface area (Å²) >= 11 is 0. The Balaban J connectivity index is 1.31. The van der Waals surface area contributed by atoms with E-state index >= 15 is 0 Å². The molecule has 0 unspecified atom stereocenters. The molecule has 1 amide bonds. The molecule has 3 aliphatic heterocycles. The van der Waals surface area contributed by atoms with Crippen molar-refractivity contribution in [2.24, 2.45) is 5.41 Å². The molecular weight excluding hydrogens is 352 g/mol. The summed E-state index contributed by atoms with van der Waals surface area (Å²) in [5.74, 6) is 1.17. The van der Waals surface area contributed by atoms with Gasteiger partial charge in [-0.25, -0.2) is 0 Å². The molecule has 0 aromatic heterocycles. The lowest BCUT2D eigenvalue weighted by atomic mass is 9.74. The number of likely N-dealkylation sites (tertiary alicyclic amines) is 1. The molecule has 1 saturated heterocycles. The van der Waals surface area contributed by atoms with E-state index in [1.807, 2.05) is 23.1 Å². The minimum Gasteiger partial charge on any atom is -0.493 e. The van der Waals surface area contributed by atoms with E-state index in [0.717, 1.165) is 30.8 Å². The highest BCUT2D eigenvalue weighted by molar-refractivity contribution is 5.79. The number of carbonyl (C=O) groups is 1. The molecule has 5 nitrogen and oxygen atoms in total. The Morgan fingerprint density at radius 3 is 2.79 bits per heavy atom. The fourth-order valence-corrected chi connectivity index (χ4v) is 5.04. The second-order valence-electron chi connectivity index (χ2n) is 8.40. The number of carbonyl (C=O) groups excluding carboxylic acids is 1. The minimum absolute atomic E-state index is 0.0346. The van der Waals surface area contributed by atoms with Crippen LogP contribution in [0, 0.1) is 5.41 Å². The Hall–Kier alpha value is -2.37. The molecule has 5 rings (SSSR count). The van der Waals surface area contributed by atoms with Crippen LogP contribution in [0.15, 0.2) is 48.5 Å². The third kappa shape index (κ3) is 2.90. The topological polar surface area (TPSA) is 53.0 Å². The first-order chi connectivity index (χ1) is 13.7. The molecule has 146 valence electrons. The average Bonchev–Trinajstić information content (AvgIpc) is 3.15. The third-order valence-electron chi connectivity index (χ3n) is 6.69. The monoisotopic (exact) mass is 378 g/mol. The summed E-state index contributed by atoms with van der Waals surface area (Å²) in [5.41, 5.74) is 3.44. The number of aliphatic hydroxyl groups excluding tert-OH is 1. The highest BCUT2D eigenvalue weighted by Crippen LogP contribution is 2.49. The van der Waals surface area contributed by atoms with E-state index in [1.54, 1.807) is 0 Å². The number of ether oxygens (including phenoxy) is 1. The molecular formula is C23H26N2O3. The van der Waals surface area contributed by atoms with Gasteiger partial charge in [0.05, 0.1) is 25.2 Å². The van der Waals surface area contributed by atoms with Gasteiger partial charge >= 0.3 is 0 Å². The van der Waals surface area contributed by atoms with Crippen molar-refractivity contribution in [2.45, 2.75) is 18.9 Å². The van der Waals surface area contributed by atoms with Crippen LogP contribution in [0.25, 0.3) is 0 Å². The standard InChI is InChI=1S/C23H26N2O3/c26-15-23-14-25(12-20(23)19-7-3-4-8-21(19)28-16-23)22(27)13-24-10-9-17-5-1-2-6-18(17)11-24/h1-8,20,26H,9-16H2/t20-,23-/m1/s1. The quantitative estimate of drug-likeness (QED) is 0.888. The zero-order valence-corrected chi connectivity index (χ0v) is 16.0. The number of rotatable bonds is 3. The summed E-state index contributed by atoms with van der Waals surface area (Å²) in [6.45, 7) is 3.90. The Morgan fingerprint density at radius 1 is 1.14 bits per heavy atom. The van der Waals surface area contributed by atoms with Gasteiger partial charge in [-0.05, 0) is 29.2 Å². The molecule has 5 heteroatoms. The second kappa shape index (κ2) is 6.90. The maximum Gasteiger partial charge on any atom is 0.236 e. The first-order valence-corrected chi connectivity index (χ1v) is 10.1. The first kappa shape index (κ1) is 17.7.